The van der Waals surface area contributed by atoms with Crippen molar-refractivity contribution in [1.29, 1.82) is 0 Å². The van der Waals surface area contributed by atoms with Crippen molar-refractivity contribution in [1.82, 2.24) is 14.9 Å². The van der Waals surface area contributed by atoms with Crippen LogP contribution in [-0.2, 0) is 13.0 Å². The molecule has 0 bridgehead atoms. The molecule has 1 N–H and O–H groups in total. The van der Waals surface area contributed by atoms with E-state index in [9.17, 15) is 4.79 Å². The number of hydrogen-bond acceptors (Lipinski definition) is 3. The van der Waals surface area contributed by atoms with Crippen LogP contribution in [0.2, 0.25) is 0 Å². The zero-order valence-corrected chi connectivity index (χ0v) is 19.1. The Morgan fingerprint density at radius 2 is 1.78 bits per heavy atom. The van der Waals surface area contributed by atoms with Gasteiger partial charge in [0, 0.05) is 19.5 Å². The van der Waals surface area contributed by atoms with E-state index in [4.69, 9.17) is 9.40 Å². The lowest BCUT2D eigenvalue weighted by molar-refractivity contribution is 0.0925. The molecule has 5 heteroatoms. The van der Waals surface area contributed by atoms with E-state index in [1.165, 1.54) is 34.0 Å². The van der Waals surface area contributed by atoms with E-state index >= 15 is 0 Å². The number of amides is 1. The molecule has 0 spiro atoms. The molecule has 2 heterocycles. The van der Waals surface area contributed by atoms with Crippen LogP contribution in [0.1, 0.15) is 57.9 Å². The van der Waals surface area contributed by atoms with Gasteiger partial charge in [-0.25, -0.2) is 4.98 Å². The number of nitrogens with zero attached hydrogens (tertiary/aromatic N) is 2. The number of furan rings is 1. The summed E-state index contributed by atoms with van der Waals surface area (Å²) in [4.78, 5) is 16.9. The summed E-state index contributed by atoms with van der Waals surface area (Å²) in [5.74, 6) is 1.34. The largest absolute Gasteiger partial charge is 0.459 e. The van der Waals surface area contributed by atoms with Crippen molar-refractivity contribution in [2.45, 2.75) is 53.0 Å². The van der Waals surface area contributed by atoms with Gasteiger partial charge in [-0.05, 0) is 74.6 Å². The summed E-state index contributed by atoms with van der Waals surface area (Å²) in [5.41, 5.74) is 7.58. The van der Waals surface area contributed by atoms with Crippen LogP contribution in [0.15, 0.2) is 59.2 Å². The first-order valence-corrected chi connectivity index (χ1v) is 11.4. The smallest absolute Gasteiger partial charge is 0.286 e. The van der Waals surface area contributed by atoms with Crippen LogP contribution in [-0.4, -0.2) is 22.0 Å². The second-order valence-electron chi connectivity index (χ2n) is 8.52. The van der Waals surface area contributed by atoms with E-state index in [1.54, 1.807) is 12.1 Å². The fourth-order valence-electron chi connectivity index (χ4n) is 4.39. The number of para-hydroxylation sites is 2. The maximum absolute atomic E-state index is 11.9. The summed E-state index contributed by atoms with van der Waals surface area (Å²) in [6, 6.07) is 16.3. The molecule has 32 heavy (non-hydrogen) atoms. The van der Waals surface area contributed by atoms with E-state index in [1.807, 2.05) is 6.07 Å². The number of imidazole rings is 1. The van der Waals surface area contributed by atoms with Crippen LogP contribution in [0.4, 0.5) is 0 Å². The van der Waals surface area contributed by atoms with Gasteiger partial charge in [-0.15, -0.1) is 0 Å². The van der Waals surface area contributed by atoms with Crippen LogP contribution in [0, 0.1) is 20.8 Å². The van der Waals surface area contributed by atoms with E-state index in [0.717, 1.165) is 43.6 Å². The predicted octanol–water partition coefficient (Wildman–Crippen LogP) is 5.75. The topological polar surface area (TPSA) is 60.1 Å². The average molecular weight is 430 g/mol. The fourth-order valence-corrected chi connectivity index (χ4v) is 4.39. The Morgan fingerprint density at radius 3 is 2.53 bits per heavy atom. The van der Waals surface area contributed by atoms with Gasteiger partial charge in [0.2, 0.25) is 0 Å². The zero-order valence-electron chi connectivity index (χ0n) is 19.1. The lowest BCUT2D eigenvalue weighted by Crippen LogP contribution is -2.23. The third-order valence-electron chi connectivity index (χ3n) is 6.00. The molecule has 2 aromatic heterocycles. The number of carbonyl (C=O) groups excluding carboxylic acids is 1. The molecule has 0 saturated heterocycles. The van der Waals surface area contributed by atoms with Crippen LogP contribution in [0.3, 0.4) is 0 Å². The van der Waals surface area contributed by atoms with Crippen LogP contribution in [0.5, 0.6) is 0 Å². The van der Waals surface area contributed by atoms with Gasteiger partial charge < -0.3 is 14.3 Å². The highest BCUT2D eigenvalue weighted by atomic mass is 16.3. The first-order chi connectivity index (χ1) is 15.5. The molecule has 2 aromatic carbocycles. The molecule has 4 aromatic rings. The minimum atomic E-state index is -0.152. The lowest BCUT2D eigenvalue weighted by atomic mass is 9.99. The Bertz CT molecular complexity index is 1180. The second kappa shape index (κ2) is 9.86. The molecule has 0 unspecified atom stereocenters. The molecule has 1 amide bonds. The molecule has 0 radical (unpaired) electrons. The molecule has 0 aliphatic carbocycles. The van der Waals surface area contributed by atoms with Gasteiger partial charge in [-0.3, -0.25) is 4.79 Å². The molecule has 0 aliphatic heterocycles. The third kappa shape index (κ3) is 4.93. The van der Waals surface area contributed by atoms with Crippen molar-refractivity contribution < 1.29 is 9.21 Å². The van der Waals surface area contributed by atoms with Gasteiger partial charge in [-0.2, -0.15) is 0 Å². The predicted molar refractivity (Wildman–Crippen MR) is 128 cm³/mol. The molecule has 4 rings (SSSR count). The number of rotatable bonds is 9. The number of fused-ring (bicyclic) bond motifs is 1. The summed E-state index contributed by atoms with van der Waals surface area (Å²) < 4.78 is 7.50. The van der Waals surface area contributed by atoms with E-state index in [-0.39, 0.29) is 5.91 Å². The van der Waals surface area contributed by atoms with Gasteiger partial charge in [0.1, 0.15) is 5.82 Å². The number of carbonyl (C=O) groups is 1. The number of benzene rings is 2. The van der Waals surface area contributed by atoms with Crippen LogP contribution < -0.4 is 5.32 Å². The van der Waals surface area contributed by atoms with Crippen LogP contribution >= 0.6 is 0 Å². The number of aryl methyl sites for hydroxylation is 4. The first kappa shape index (κ1) is 21.9. The highest BCUT2D eigenvalue weighted by molar-refractivity contribution is 5.91. The van der Waals surface area contributed by atoms with E-state index < -0.39 is 0 Å². The maximum atomic E-state index is 11.9. The SMILES string of the molecule is Cc1cc(C)c(Cn2c(CCCCCNC(=O)c3ccco3)nc3ccccc32)c(C)c1. The van der Waals surface area contributed by atoms with Crippen molar-refractivity contribution in [3.8, 4) is 0 Å². The van der Waals surface area contributed by atoms with Gasteiger partial charge in [-0.1, -0.05) is 36.2 Å². The summed E-state index contributed by atoms with van der Waals surface area (Å²) >= 11 is 0. The fraction of sp³-hybridized carbons (Fsp3) is 0.333. The van der Waals surface area contributed by atoms with E-state index in [0.29, 0.717) is 12.3 Å². The maximum Gasteiger partial charge on any atom is 0.286 e. The molecule has 166 valence electrons. The minimum absolute atomic E-state index is 0.152. The number of nitrogens with one attached hydrogen (secondary N) is 1. The summed E-state index contributed by atoms with van der Waals surface area (Å²) in [6.45, 7) is 8.04. The summed E-state index contributed by atoms with van der Waals surface area (Å²) in [6.07, 6.45) is 5.43. The first-order valence-electron chi connectivity index (χ1n) is 11.4. The van der Waals surface area contributed by atoms with Gasteiger partial charge in [0.15, 0.2) is 5.76 Å². The quantitative estimate of drug-likeness (QED) is 0.345. The third-order valence-corrected chi connectivity index (χ3v) is 6.00. The van der Waals surface area contributed by atoms with Crippen molar-refractivity contribution in [3.05, 3.63) is 88.6 Å². The van der Waals surface area contributed by atoms with Crippen molar-refractivity contribution >= 4 is 16.9 Å². The Morgan fingerprint density at radius 1 is 1.00 bits per heavy atom. The zero-order chi connectivity index (χ0) is 22.5. The lowest BCUT2D eigenvalue weighted by Gasteiger charge is -2.15. The summed E-state index contributed by atoms with van der Waals surface area (Å²) in [7, 11) is 0. The Labute approximate surface area is 189 Å². The average Bonchev–Trinajstić information content (AvgIpc) is 3.41. The number of hydrogen-bond donors (Lipinski definition) is 1. The molecule has 5 nitrogen and oxygen atoms in total. The molecule has 0 fully saturated rings. The Kier molecular flexibility index (Phi) is 6.74. The van der Waals surface area contributed by atoms with Gasteiger partial charge in [0.25, 0.3) is 5.91 Å². The second-order valence-corrected chi connectivity index (χ2v) is 8.52. The highest BCUT2D eigenvalue weighted by Crippen LogP contribution is 2.23. The summed E-state index contributed by atoms with van der Waals surface area (Å²) in [5, 5.41) is 2.91. The normalized spacial score (nSPS) is 11.2. The van der Waals surface area contributed by atoms with Crippen molar-refractivity contribution in [2.24, 2.45) is 0 Å². The molecule has 0 atom stereocenters. The molecule has 0 aliphatic rings. The molecule has 0 saturated carbocycles. The standard InChI is InChI=1S/C27H31N3O2/c1-19-16-20(2)22(21(3)17-19)18-30-24-11-7-6-10-23(24)29-26(30)13-5-4-8-14-28-27(31)25-12-9-15-32-25/h6-7,9-12,15-17H,4-5,8,13-14,18H2,1-3H3,(H,28,31). The van der Waals surface area contributed by atoms with Gasteiger partial charge >= 0.3 is 0 Å². The number of aromatic nitrogens is 2. The van der Waals surface area contributed by atoms with Crippen LogP contribution in [0.25, 0.3) is 11.0 Å². The molecular formula is C27H31N3O2. The van der Waals surface area contributed by atoms with Crippen molar-refractivity contribution in [3.63, 3.8) is 0 Å². The molecular weight excluding hydrogens is 398 g/mol. The minimum Gasteiger partial charge on any atom is -0.459 e. The monoisotopic (exact) mass is 429 g/mol. The Hall–Kier alpha value is -3.34. The Balaban J connectivity index is 1.40. The van der Waals surface area contributed by atoms with Gasteiger partial charge in [0.05, 0.1) is 17.3 Å². The van der Waals surface area contributed by atoms with E-state index in [2.05, 4.69) is 61.0 Å². The van der Waals surface area contributed by atoms with Crippen molar-refractivity contribution in [2.75, 3.05) is 6.54 Å². The number of unbranched alkanes of at least 4 members (excludes halogenated alkanes) is 2. The highest BCUT2D eigenvalue weighted by Gasteiger charge is 2.13.